The Hall–Kier alpha value is -3.18. The van der Waals surface area contributed by atoms with Gasteiger partial charge in [0.2, 0.25) is 0 Å². The summed E-state index contributed by atoms with van der Waals surface area (Å²) in [5.74, 6) is 0.280. The summed E-state index contributed by atoms with van der Waals surface area (Å²) in [7, 11) is 0. The number of hydrogen-bond acceptors (Lipinski definition) is 16. The van der Waals surface area contributed by atoms with Gasteiger partial charge in [-0.05, 0) is 125 Å². The van der Waals surface area contributed by atoms with Crippen LogP contribution in [0.4, 0.5) is 0 Å². The molecule has 4 aliphatic carbocycles. The van der Waals surface area contributed by atoms with E-state index >= 15 is 0 Å². The van der Waals surface area contributed by atoms with Gasteiger partial charge >= 0.3 is 11.9 Å². The Kier molecular flexibility index (Phi) is 18.9. The Bertz CT molecular complexity index is 2720. The monoisotopic (exact) mass is 1190 g/mol. The van der Waals surface area contributed by atoms with E-state index in [1.807, 2.05) is 11.8 Å². The quantitative estimate of drug-likeness (QED) is 0.0424. The van der Waals surface area contributed by atoms with Crippen LogP contribution in [-0.4, -0.2) is 118 Å². The van der Waals surface area contributed by atoms with Crippen LogP contribution in [0.2, 0.25) is 0 Å². The van der Waals surface area contributed by atoms with Crippen LogP contribution < -0.4 is 42.5 Å². The van der Waals surface area contributed by atoms with Crippen molar-refractivity contribution < 1.29 is 29.3 Å². The zero-order chi connectivity index (χ0) is 55.5. The number of carbonyl (C=O) groups is 2. The molecule has 22 unspecified atom stereocenters. The Morgan fingerprint density at radius 2 is 0.634 bits per heavy atom. The Morgan fingerprint density at radius 3 is 0.927 bits per heavy atom. The van der Waals surface area contributed by atoms with E-state index in [0.29, 0.717) is 70.7 Å². The normalized spacial score (nSPS) is 39.4. The third-order valence-corrected chi connectivity index (χ3v) is 25.5. The number of hydrogen-bond donors (Lipinski definition) is 10. The van der Waals surface area contributed by atoms with Gasteiger partial charge in [-0.15, -0.1) is 47.0 Å². The molecule has 9 fully saturated rings. The molecule has 0 aromatic heterocycles. The smallest absolute Gasteiger partial charge is 0.303 e. The summed E-state index contributed by atoms with van der Waals surface area (Å²) in [4.78, 5) is 28.9. The van der Waals surface area contributed by atoms with Crippen LogP contribution in [0.1, 0.15) is 89.9 Å². The van der Waals surface area contributed by atoms with Gasteiger partial charge in [-0.3, -0.25) is 52.1 Å². The topological polar surface area (TPSA) is 189 Å². The molecule has 440 valence electrons. The summed E-state index contributed by atoms with van der Waals surface area (Å²) < 4.78 is 13.9. The zero-order valence-electron chi connectivity index (χ0n) is 46.7. The van der Waals surface area contributed by atoms with Crippen molar-refractivity contribution >= 4 is 59.0 Å². The number of benzene rings is 4. The van der Waals surface area contributed by atoms with Crippen molar-refractivity contribution in [2.45, 2.75) is 192 Å². The van der Waals surface area contributed by atoms with E-state index < -0.39 is 11.9 Å². The fraction of sp³-hybridized carbons (Fsp3) is 0.594. The first-order valence-corrected chi connectivity index (χ1v) is 34.4. The molecule has 14 nitrogen and oxygen atoms in total. The molecule has 4 aromatic rings. The molecule has 5 aliphatic heterocycles. The summed E-state index contributed by atoms with van der Waals surface area (Å²) in [5.41, 5.74) is 0. The van der Waals surface area contributed by atoms with E-state index in [2.05, 4.69) is 199 Å². The SMILES string of the molecule is O=C(O)CCCOC1CCC(OCCCC(=O)O)C2C3NC(NC4NC(NC5NC(NC6NC(N3)C3C(Sc7ccccc7)CCC(Sc7ccccc7)C63)C3C(Sc6ccccc6)CCC(Sc6ccccc6)C53)C3CCCCC43)C12. The Balaban J connectivity index is 0.923. The standard InChI is InChI=1S/C64H84N8O6S4/c73-49(74)27-15-35-77-43-29-30-44(78-36-16-28-50(75)76)52-51(43)59-66-57-41-25-13-14-26-42(41)58(65-57)67-61-53-45(79-37-17-5-1-6-18-37)31-32-46(80-38-19-7-2-8-20-38)54(53)63(70-61)72-64-56-48(82-40-23-11-4-12-24-40)34-33-47(81-39-21-9-3-10-22-39)55(56)62(71-64)69-60(52)68-59/h1-12,17-24,41-48,51-72H,13-16,25-36H2,(H,73,74)(H,75,76). The summed E-state index contributed by atoms with van der Waals surface area (Å²) in [5, 5.41) is 56.1. The largest absolute Gasteiger partial charge is 0.481 e. The number of rotatable bonds is 18. The molecule has 10 N–H and O–H groups in total. The second-order valence-electron chi connectivity index (χ2n) is 24.7. The second kappa shape index (κ2) is 26.8. The van der Waals surface area contributed by atoms with E-state index in [-0.39, 0.29) is 98.0 Å². The van der Waals surface area contributed by atoms with E-state index in [4.69, 9.17) is 9.47 Å². The molecule has 0 radical (unpaired) electrons. The molecule has 82 heavy (non-hydrogen) atoms. The molecule has 0 amide bonds. The van der Waals surface area contributed by atoms with Crippen LogP contribution in [0.25, 0.3) is 0 Å². The van der Waals surface area contributed by atoms with Crippen molar-refractivity contribution in [2.24, 2.45) is 47.3 Å². The first-order valence-electron chi connectivity index (χ1n) is 30.9. The van der Waals surface area contributed by atoms with E-state index in [9.17, 15) is 19.8 Å². The lowest BCUT2D eigenvalue weighted by Gasteiger charge is -2.45. The summed E-state index contributed by atoms with van der Waals surface area (Å²) in [6.07, 6.45) is 11.2. The third-order valence-electron chi connectivity index (χ3n) is 19.9. The lowest BCUT2D eigenvalue weighted by Crippen LogP contribution is -2.62. The van der Waals surface area contributed by atoms with Gasteiger partial charge in [0.1, 0.15) is 0 Å². The van der Waals surface area contributed by atoms with E-state index in [1.54, 1.807) is 0 Å². The molecule has 9 aliphatic rings. The number of nitrogens with one attached hydrogen (secondary N) is 8. The van der Waals surface area contributed by atoms with Crippen LogP contribution >= 0.6 is 47.0 Å². The first kappa shape index (κ1) is 57.9. The first-order chi connectivity index (χ1) is 40.3. The number of thioether (sulfide) groups is 4. The molecule has 8 bridgehead atoms. The highest BCUT2D eigenvalue weighted by Gasteiger charge is 2.61. The predicted molar refractivity (Wildman–Crippen MR) is 327 cm³/mol. The lowest BCUT2D eigenvalue weighted by atomic mass is 9.74. The summed E-state index contributed by atoms with van der Waals surface area (Å²) in [6.45, 7) is 0.745. The number of carboxylic acids is 2. The van der Waals surface area contributed by atoms with Crippen LogP contribution in [0, 0.1) is 47.3 Å². The van der Waals surface area contributed by atoms with Crippen molar-refractivity contribution in [3.63, 3.8) is 0 Å². The molecular formula is C64H84N8O6S4. The molecule has 13 rings (SSSR count). The summed E-state index contributed by atoms with van der Waals surface area (Å²) >= 11 is 8.28. The Morgan fingerprint density at radius 1 is 0.366 bits per heavy atom. The molecule has 18 heteroatoms. The van der Waals surface area contributed by atoms with Gasteiger partial charge in [-0.25, -0.2) is 0 Å². The minimum absolute atomic E-state index is 0.00836. The molecule has 5 heterocycles. The molecule has 0 spiro atoms. The van der Waals surface area contributed by atoms with Gasteiger partial charge in [0.25, 0.3) is 0 Å². The molecule has 5 saturated heterocycles. The van der Waals surface area contributed by atoms with Crippen molar-refractivity contribution in [2.75, 3.05) is 13.2 Å². The number of fused-ring (bicyclic) bond motifs is 20. The maximum Gasteiger partial charge on any atom is 0.303 e. The highest BCUT2D eigenvalue weighted by atomic mass is 32.2. The van der Waals surface area contributed by atoms with Crippen molar-refractivity contribution in [3.05, 3.63) is 121 Å². The van der Waals surface area contributed by atoms with Gasteiger partial charge in [0, 0.05) is 102 Å². The van der Waals surface area contributed by atoms with Crippen molar-refractivity contribution in [1.29, 1.82) is 0 Å². The highest BCUT2D eigenvalue weighted by Crippen LogP contribution is 2.55. The Labute approximate surface area is 501 Å². The summed E-state index contributed by atoms with van der Waals surface area (Å²) in [6, 6.07) is 44.4. The maximum absolute atomic E-state index is 11.8. The van der Waals surface area contributed by atoms with Crippen molar-refractivity contribution in [3.8, 4) is 0 Å². The van der Waals surface area contributed by atoms with Gasteiger partial charge in [0.05, 0.1) is 61.5 Å². The number of aliphatic carboxylic acids is 2. The van der Waals surface area contributed by atoms with Crippen LogP contribution in [0.5, 0.6) is 0 Å². The van der Waals surface area contributed by atoms with E-state index in [1.165, 1.54) is 38.8 Å². The average Bonchev–Trinajstić information content (AvgIpc) is 4.40. The minimum atomic E-state index is -0.809. The molecular weight excluding hydrogens is 1110 g/mol. The molecule has 4 saturated carbocycles. The highest BCUT2D eigenvalue weighted by molar-refractivity contribution is 8.01. The van der Waals surface area contributed by atoms with Gasteiger partial charge in [-0.1, -0.05) is 85.6 Å². The molecule has 4 aromatic carbocycles. The minimum Gasteiger partial charge on any atom is -0.481 e. The number of ether oxygens (including phenoxy) is 2. The third kappa shape index (κ3) is 12.9. The second-order valence-corrected chi connectivity index (χ2v) is 29.9. The van der Waals surface area contributed by atoms with Gasteiger partial charge < -0.3 is 19.7 Å². The van der Waals surface area contributed by atoms with Gasteiger partial charge in [0.15, 0.2) is 0 Å². The average molecular weight is 1190 g/mol. The molecule has 22 atom stereocenters. The fourth-order valence-corrected chi connectivity index (χ4v) is 22.2. The maximum atomic E-state index is 11.8. The fourth-order valence-electron chi connectivity index (χ4n) is 16.6. The van der Waals surface area contributed by atoms with Crippen molar-refractivity contribution in [1.82, 2.24) is 42.5 Å². The van der Waals surface area contributed by atoms with E-state index in [0.717, 1.165) is 44.9 Å². The van der Waals surface area contributed by atoms with Crippen LogP contribution in [0.15, 0.2) is 141 Å². The lowest BCUT2D eigenvalue weighted by molar-refractivity contribution is -0.139. The predicted octanol–water partition coefficient (Wildman–Crippen LogP) is 9.41. The zero-order valence-corrected chi connectivity index (χ0v) is 50.0. The van der Waals surface area contributed by atoms with Crippen LogP contribution in [-0.2, 0) is 19.1 Å². The number of carboxylic acid groups (broad SMARTS) is 2. The van der Waals surface area contributed by atoms with Crippen LogP contribution in [0.3, 0.4) is 0 Å². The van der Waals surface area contributed by atoms with Gasteiger partial charge in [-0.2, -0.15) is 0 Å².